The van der Waals surface area contributed by atoms with Crippen molar-refractivity contribution >= 4 is 43.0 Å². The maximum atomic E-state index is 12.7. The van der Waals surface area contributed by atoms with Gasteiger partial charge in [-0.15, -0.1) is 0 Å². The summed E-state index contributed by atoms with van der Waals surface area (Å²) in [6.45, 7) is -0.554. The molecule has 0 spiro atoms. The Kier molecular flexibility index (Phi) is 8.50. The van der Waals surface area contributed by atoms with Crippen molar-refractivity contribution in [2.45, 2.75) is 4.90 Å². The summed E-state index contributed by atoms with van der Waals surface area (Å²) in [6.07, 6.45) is 0.967. The summed E-state index contributed by atoms with van der Waals surface area (Å²) in [4.78, 5) is 12.7. The van der Waals surface area contributed by atoms with Crippen LogP contribution in [-0.2, 0) is 24.8 Å². The lowest BCUT2D eigenvalue weighted by molar-refractivity contribution is -0.114. The minimum absolute atomic E-state index is 0.0276. The average Bonchev–Trinajstić information content (AvgIpc) is 2.86. The summed E-state index contributed by atoms with van der Waals surface area (Å²) in [5.74, 6) is 0.549. The highest BCUT2D eigenvalue weighted by molar-refractivity contribution is 7.92. The van der Waals surface area contributed by atoms with Gasteiger partial charge in [0.2, 0.25) is 15.9 Å². The lowest BCUT2D eigenvalue weighted by Crippen LogP contribution is -2.37. The van der Waals surface area contributed by atoms with Gasteiger partial charge in [-0.05, 0) is 60.7 Å². The van der Waals surface area contributed by atoms with Crippen molar-refractivity contribution in [1.82, 2.24) is 0 Å². The number of benzene rings is 3. The van der Waals surface area contributed by atoms with Gasteiger partial charge in [0.25, 0.3) is 10.0 Å². The fourth-order valence-electron chi connectivity index (χ4n) is 3.29. The van der Waals surface area contributed by atoms with Crippen LogP contribution in [0.5, 0.6) is 17.2 Å². The third-order valence-corrected chi connectivity index (χ3v) is 7.66. The second kappa shape index (κ2) is 11.4. The van der Waals surface area contributed by atoms with Crippen LogP contribution in [0.15, 0.2) is 71.6 Å². The van der Waals surface area contributed by atoms with Crippen LogP contribution >= 0.6 is 0 Å². The highest BCUT2D eigenvalue weighted by atomic mass is 32.2. The molecule has 0 fully saturated rings. The summed E-state index contributed by atoms with van der Waals surface area (Å²) in [6, 6.07) is 16.4. The van der Waals surface area contributed by atoms with Crippen LogP contribution < -0.4 is 28.6 Å². The number of hydrogen-bond acceptors (Lipinski definition) is 8. The molecule has 0 heterocycles. The van der Waals surface area contributed by atoms with E-state index in [-0.39, 0.29) is 22.0 Å². The molecule has 3 rings (SSSR count). The Balaban J connectivity index is 1.75. The van der Waals surface area contributed by atoms with Gasteiger partial charge in [0.15, 0.2) is 0 Å². The number of amides is 1. The van der Waals surface area contributed by atoms with E-state index in [1.165, 1.54) is 57.7 Å². The van der Waals surface area contributed by atoms with Crippen LogP contribution in [0, 0.1) is 0 Å². The summed E-state index contributed by atoms with van der Waals surface area (Å²) >= 11 is 0. The normalized spacial score (nSPS) is 11.4. The van der Waals surface area contributed by atoms with Gasteiger partial charge in [0, 0.05) is 17.4 Å². The molecule has 2 N–H and O–H groups in total. The molecule has 0 saturated carbocycles. The van der Waals surface area contributed by atoms with Crippen molar-refractivity contribution in [3.63, 3.8) is 0 Å². The summed E-state index contributed by atoms with van der Waals surface area (Å²) in [5, 5.41) is 2.58. The van der Waals surface area contributed by atoms with E-state index in [1.54, 1.807) is 30.3 Å². The molecule has 0 aliphatic carbocycles. The van der Waals surface area contributed by atoms with Crippen molar-refractivity contribution in [3.8, 4) is 17.2 Å². The molecule has 3 aromatic rings. The molecule has 0 bridgehead atoms. The lowest BCUT2D eigenvalue weighted by Gasteiger charge is -2.24. The minimum Gasteiger partial charge on any atom is -0.497 e. The van der Waals surface area contributed by atoms with Gasteiger partial charge in [-0.2, -0.15) is 0 Å². The molecule has 1 amide bonds. The van der Waals surface area contributed by atoms with Crippen molar-refractivity contribution < 1.29 is 35.8 Å². The topological polar surface area (TPSA) is 140 Å². The number of ether oxygens (including phenoxy) is 3. The van der Waals surface area contributed by atoms with Crippen LogP contribution in [0.1, 0.15) is 0 Å². The van der Waals surface area contributed by atoms with Gasteiger partial charge in [-0.25, -0.2) is 16.8 Å². The van der Waals surface area contributed by atoms with Crippen LogP contribution in [0.3, 0.4) is 0 Å². The van der Waals surface area contributed by atoms with Crippen LogP contribution in [0.4, 0.5) is 17.1 Å². The fraction of sp³-hybridized carbons (Fsp3) is 0.208. The average molecular weight is 550 g/mol. The molecule has 3 aromatic carbocycles. The van der Waals surface area contributed by atoms with Crippen molar-refractivity contribution in [3.05, 3.63) is 66.7 Å². The maximum Gasteiger partial charge on any atom is 0.261 e. The second-order valence-electron chi connectivity index (χ2n) is 7.71. The molecular formula is C24H27N3O8S2. The number of carbonyl (C=O) groups excluding carboxylic acids is 1. The number of carbonyl (C=O) groups is 1. The molecule has 0 unspecified atom stereocenters. The molecule has 0 aromatic heterocycles. The summed E-state index contributed by atoms with van der Waals surface area (Å²) in [7, 11) is -3.45. The zero-order chi connectivity index (χ0) is 27.2. The molecule has 0 radical (unpaired) electrons. The zero-order valence-corrected chi connectivity index (χ0v) is 22.2. The quantitative estimate of drug-likeness (QED) is 0.372. The first-order chi connectivity index (χ1) is 17.5. The predicted octanol–water partition coefficient (Wildman–Crippen LogP) is 2.92. The Morgan fingerprint density at radius 2 is 1.35 bits per heavy atom. The number of methoxy groups -OCH3 is 3. The molecule has 0 atom stereocenters. The van der Waals surface area contributed by atoms with Crippen LogP contribution in [0.25, 0.3) is 0 Å². The Hall–Kier alpha value is -3.97. The van der Waals surface area contributed by atoms with E-state index in [9.17, 15) is 21.6 Å². The molecule has 0 aliphatic rings. The molecular weight excluding hydrogens is 522 g/mol. The van der Waals surface area contributed by atoms with E-state index in [0.29, 0.717) is 17.2 Å². The van der Waals surface area contributed by atoms with Gasteiger partial charge in [-0.3, -0.25) is 13.8 Å². The second-order valence-corrected chi connectivity index (χ2v) is 11.3. The predicted molar refractivity (Wildman–Crippen MR) is 141 cm³/mol. The Morgan fingerprint density at radius 3 is 1.89 bits per heavy atom. The van der Waals surface area contributed by atoms with E-state index in [4.69, 9.17) is 14.2 Å². The first-order valence-corrected chi connectivity index (χ1v) is 14.1. The summed E-state index contributed by atoms with van der Waals surface area (Å²) < 4.78 is 69.2. The maximum absolute atomic E-state index is 12.7. The van der Waals surface area contributed by atoms with E-state index in [2.05, 4.69) is 10.0 Å². The van der Waals surface area contributed by atoms with Crippen molar-refractivity contribution in [2.24, 2.45) is 0 Å². The minimum atomic E-state index is -3.88. The van der Waals surface area contributed by atoms with Crippen molar-refractivity contribution in [2.75, 3.05) is 48.5 Å². The molecule has 0 saturated heterocycles. The molecule has 13 heteroatoms. The Morgan fingerprint density at radius 1 is 0.784 bits per heavy atom. The van der Waals surface area contributed by atoms with Gasteiger partial charge < -0.3 is 19.5 Å². The van der Waals surface area contributed by atoms with Gasteiger partial charge >= 0.3 is 0 Å². The molecule has 0 aliphatic heterocycles. The van der Waals surface area contributed by atoms with E-state index in [1.807, 2.05) is 0 Å². The van der Waals surface area contributed by atoms with Gasteiger partial charge in [0.05, 0.1) is 38.2 Å². The molecule has 11 nitrogen and oxygen atoms in total. The molecule has 37 heavy (non-hydrogen) atoms. The third-order valence-electron chi connectivity index (χ3n) is 5.13. The number of sulfonamides is 2. The lowest BCUT2D eigenvalue weighted by atomic mass is 10.2. The number of anilines is 3. The number of nitrogens with one attached hydrogen (secondary N) is 2. The zero-order valence-electron chi connectivity index (χ0n) is 20.6. The number of nitrogens with zero attached hydrogens (tertiary/aromatic N) is 1. The molecule has 198 valence electrons. The SMILES string of the molecule is COc1ccc(NS(=O)(=O)c2ccc(NC(=O)CN(c3cc(OC)ccc3OC)S(C)(=O)=O)cc2)cc1. The highest BCUT2D eigenvalue weighted by Gasteiger charge is 2.25. The van der Waals surface area contributed by atoms with E-state index < -0.39 is 32.5 Å². The Labute approximate surface area is 216 Å². The van der Waals surface area contributed by atoms with E-state index >= 15 is 0 Å². The third kappa shape index (κ3) is 7.05. The fourth-order valence-corrected chi connectivity index (χ4v) is 5.20. The first-order valence-electron chi connectivity index (χ1n) is 10.7. The smallest absolute Gasteiger partial charge is 0.261 e. The monoisotopic (exact) mass is 549 g/mol. The summed E-state index contributed by atoms with van der Waals surface area (Å²) in [5.41, 5.74) is 0.761. The Bertz CT molecular complexity index is 1460. The van der Waals surface area contributed by atoms with Gasteiger partial charge in [0.1, 0.15) is 23.8 Å². The first kappa shape index (κ1) is 27.6. The van der Waals surface area contributed by atoms with Crippen LogP contribution in [0.2, 0.25) is 0 Å². The standard InChI is InChI=1S/C24H27N3O8S2/c1-33-19-9-5-18(6-10-19)26-37(31,32)21-12-7-17(8-13-21)25-24(28)16-27(36(4,29)30)22-15-20(34-2)11-14-23(22)35-3/h5-15,26H,16H2,1-4H3,(H,25,28). The number of hydrogen-bond donors (Lipinski definition) is 2. The number of rotatable bonds is 11. The van der Waals surface area contributed by atoms with E-state index in [0.717, 1.165) is 10.6 Å². The van der Waals surface area contributed by atoms with Gasteiger partial charge in [-0.1, -0.05) is 0 Å². The largest absolute Gasteiger partial charge is 0.497 e. The highest BCUT2D eigenvalue weighted by Crippen LogP contribution is 2.33. The van der Waals surface area contributed by atoms with Crippen LogP contribution in [-0.4, -0.2) is 56.9 Å². The van der Waals surface area contributed by atoms with Crippen molar-refractivity contribution in [1.29, 1.82) is 0 Å².